The Hall–Kier alpha value is -0.120. The Labute approximate surface area is 113 Å². The van der Waals surface area contributed by atoms with E-state index >= 15 is 0 Å². The summed E-state index contributed by atoms with van der Waals surface area (Å²) in [5.74, 6) is 1.62. The molecule has 0 heterocycles. The third-order valence-corrected chi connectivity index (χ3v) is 4.83. The molecule has 18 heavy (non-hydrogen) atoms. The van der Waals surface area contributed by atoms with Gasteiger partial charge in [0.05, 0.1) is 0 Å². The number of hydrogen-bond donors (Lipinski definition) is 1. The summed E-state index contributed by atoms with van der Waals surface area (Å²) in [5, 5.41) is 0. The molecule has 1 fully saturated rings. The summed E-state index contributed by atoms with van der Waals surface area (Å²) < 4.78 is 5.15. The fraction of sp³-hybridized carbons (Fsp3) is 1.00. The van der Waals surface area contributed by atoms with Gasteiger partial charge in [0.15, 0.2) is 0 Å². The Balaban J connectivity index is 2.59. The summed E-state index contributed by atoms with van der Waals surface area (Å²) in [5.41, 5.74) is 6.37. The molecule has 3 heteroatoms. The Kier molecular flexibility index (Phi) is 6.61. The van der Waals surface area contributed by atoms with Gasteiger partial charge in [-0.1, -0.05) is 26.7 Å². The van der Waals surface area contributed by atoms with Gasteiger partial charge in [-0.05, 0) is 38.1 Å². The van der Waals surface area contributed by atoms with Crippen molar-refractivity contribution in [2.45, 2.75) is 51.5 Å². The van der Waals surface area contributed by atoms with E-state index in [1.807, 2.05) is 0 Å². The van der Waals surface area contributed by atoms with Gasteiger partial charge >= 0.3 is 0 Å². The fourth-order valence-electron chi connectivity index (χ4n) is 3.33. The third-order valence-electron chi connectivity index (χ3n) is 4.83. The molecule has 0 bridgehead atoms. The van der Waals surface area contributed by atoms with E-state index in [-0.39, 0.29) is 5.54 Å². The van der Waals surface area contributed by atoms with Crippen molar-refractivity contribution >= 4 is 0 Å². The summed E-state index contributed by atoms with van der Waals surface area (Å²) in [6.07, 6.45) is 6.34. The van der Waals surface area contributed by atoms with Crippen LogP contribution in [-0.2, 0) is 4.74 Å². The molecule has 0 aromatic rings. The van der Waals surface area contributed by atoms with Crippen molar-refractivity contribution in [1.29, 1.82) is 0 Å². The van der Waals surface area contributed by atoms with E-state index in [1.54, 1.807) is 7.11 Å². The van der Waals surface area contributed by atoms with Gasteiger partial charge in [-0.2, -0.15) is 0 Å². The van der Waals surface area contributed by atoms with Crippen LogP contribution in [-0.4, -0.2) is 44.3 Å². The van der Waals surface area contributed by atoms with Gasteiger partial charge in [-0.3, -0.25) is 4.90 Å². The largest absolute Gasteiger partial charge is 0.385 e. The predicted molar refractivity (Wildman–Crippen MR) is 77.7 cm³/mol. The molecular weight excluding hydrogens is 224 g/mol. The normalized spacial score (nSPS) is 29.2. The highest BCUT2D eigenvalue weighted by molar-refractivity contribution is 4.96. The van der Waals surface area contributed by atoms with Gasteiger partial charge < -0.3 is 10.5 Å². The van der Waals surface area contributed by atoms with Crippen molar-refractivity contribution in [2.24, 2.45) is 17.6 Å². The topological polar surface area (TPSA) is 38.5 Å². The number of ether oxygens (including phenoxy) is 1. The van der Waals surface area contributed by atoms with Gasteiger partial charge in [0.2, 0.25) is 0 Å². The van der Waals surface area contributed by atoms with Crippen molar-refractivity contribution in [2.75, 3.05) is 33.9 Å². The van der Waals surface area contributed by atoms with Crippen LogP contribution >= 0.6 is 0 Å². The van der Waals surface area contributed by atoms with Gasteiger partial charge in [0.25, 0.3) is 0 Å². The summed E-state index contributed by atoms with van der Waals surface area (Å²) in [4.78, 5) is 2.50. The Morgan fingerprint density at radius 3 is 2.72 bits per heavy atom. The van der Waals surface area contributed by atoms with E-state index in [0.29, 0.717) is 0 Å². The molecule has 0 aromatic heterocycles. The maximum Gasteiger partial charge on any atom is 0.0474 e. The van der Waals surface area contributed by atoms with Crippen molar-refractivity contribution in [3.8, 4) is 0 Å². The third kappa shape index (κ3) is 3.94. The fourth-order valence-corrected chi connectivity index (χ4v) is 3.33. The molecule has 0 aliphatic heterocycles. The molecule has 1 aliphatic rings. The van der Waals surface area contributed by atoms with E-state index in [1.165, 1.54) is 25.7 Å². The van der Waals surface area contributed by atoms with E-state index in [0.717, 1.165) is 38.0 Å². The highest BCUT2D eigenvalue weighted by atomic mass is 16.5. The van der Waals surface area contributed by atoms with Crippen LogP contribution in [0.4, 0.5) is 0 Å². The second-order valence-electron chi connectivity index (χ2n) is 6.30. The molecule has 1 saturated carbocycles. The molecule has 2 unspecified atom stereocenters. The van der Waals surface area contributed by atoms with Gasteiger partial charge in [-0.25, -0.2) is 0 Å². The van der Waals surface area contributed by atoms with Crippen LogP contribution in [0.25, 0.3) is 0 Å². The number of nitrogens with two attached hydrogens (primary N) is 1. The minimum absolute atomic E-state index is 0.237. The first-order valence-corrected chi connectivity index (χ1v) is 7.46. The zero-order chi connectivity index (χ0) is 13.6. The van der Waals surface area contributed by atoms with E-state index in [9.17, 15) is 0 Å². The quantitative estimate of drug-likeness (QED) is 0.711. The van der Waals surface area contributed by atoms with Crippen molar-refractivity contribution in [3.05, 3.63) is 0 Å². The molecule has 3 nitrogen and oxygen atoms in total. The van der Waals surface area contributed by atoms with E-state index < -0.39 is 0 Å². The SMILES string of the molecule is COCCCN(C)C1(CN)CCCC(C(C)C)C1. The molecular formula is C15H32N2O. The minimum atomic E-state index is 0.237. The number of methoxy groups -OCH3 is 1. The molecule has 0 spiro atoms. The number of nitrogens with zero attached hydrogens (tertiary/aromatic N) is 1. The first-order valence-electron chi connectivity index (χ1n) is 7.46. The molecule has 0 amide bonds. The molecule has 108 valence electrons. The molecule has 0 aromatic carbocycles. The second-order valence-corrected chi connectivity index (χ2v) is 6.30. The van der Waals surface area contributed by atoms with E-state index in [4.69, 9.17) is 10.5 Å². The van der Waals surface area contributed by atoms with Crippen LogP contribution in [0.1, 0.15) is 46.0 Å². The van der Waals surface area contributed by atoms with Crippen LogP contribution in [0.5, 0.6) is 0 Å². The van der Waals surface area contributed by atoms with E-state index in [2.05, 4.69) is 25.8 Å². The van der Waals surface area contributed by atoms with Crippen molar-refractivity contribution in [1.82, 2.24) is 4.90 Å². The lowest BCUT2D eigenvalue weighted by Gasteiger charge is -2.47. The van der Waals surface area contributed by atoms with Crippen LogP contribution in [0.2, 0.25) is 0 Å². The maximum absolute atomic E-state index is 6.13. The van der Waals surface area contributed by atoms with Crippen molar-refractivity contribution < 1.29 is 4.74 Å². The van der Waals surface area contributed by atoms with Crippen LogP contribution in [0.15, 0.2) is 0 Å². The van der Waals surface area contributed by atoms with Crippen LogP contribution in [0.3, 0.4) is 0 Å². The monoisotopic (exact) mass is 256 g/mol. The predicted octanol–water partition coefficient (Wildman–Crippen LogP) is 2.50. The van der Waals surface area contributed by atoms with Gasteiger partial charge in [0, 0.05) is 32.3 Å². The molecule has 2 N–H and O–H groups in total. The van der Waals surface area contributed by atoms with Gasteiger partial charge in [0.1, 0.15) is 0 Å². The standard InChI is InChI=1S/C15H32N2O/c1-13(2)14-7-5-8-15(11-14,12-16)17(3)9-6-10-18-4/h13-14H,5-12,16H2,1-4H3. The lowest BCUT2D eigenvalue weighted by Crippen LogP contribution is -2.55. The molecule has 0 saturated heterocycles. The Morgan fingerprint density at radius 1 is 1.44 bits per heavy atom. The Morgan fingerprint density at radius 2 is 2.17 bits per heavy atom. The zero-order valence-electron chi connectivity index (χ0n) is 12.7. The van der Waals surface area contributed by atoms with Crippen LogP contribution < -0.4 is 5.73 Å². The average molecular weight is 256 g/mol. The average Bonchev–Trinajstić information content (AvgIpc) is 2.38. The summed E-state index contributed by atoms with van der Waals surface area (Å²) in [6, 6.07) is 0. The lowest BCUT2D eigenvalue weighted by atomic mass is 9.71. The summed E-state index contributed by atoms with van der Waals surface area (Å²) >= 11 is 0. The minimum Gasteiger partial charge on any atom is -0.385 e. The zero-order valence-corrected chi connectivity index (χ0v) is 12.7. The highest BCUT2D eigenvalue weighted by Gasteiger charge is 2.38. The highest BCUT2D eigenvalue weighted by Crippen LogP contribution is 2.39. The Bertz CT molecular complexity index is 233. The first-order chi connectivity index (χ1) is 8.55. The summed E-state index contributed by atoms with van der Waals surface area (Å²) in [6.45, 7) is 7.43. The maximum atomic E-state index is 6.13. The first kappa shape index (κ1) is 15.9. The number of likely N-dealkylation sites (N-methyl/N-ethyl adjacent to an activating group) is 1. The molecule has 1 rings (SSSR count). The number of hydrogen-bond acceptors (Lipinski definition) is 3. The molecule has 2 atom stereocenters. The smallest absolute Gasteiger partial charge is 0.0474 e. The second kappa shape index (κ2) is 7.46. The molecule has 1 aliphatic carbocycles. The molecule has 0 radical (unpaired) electrons. The van der Waals surface area contributed by atoms with Crippen molar-refractivity contribution in [3.63, 3.8) is 0 Å². The van der Waals surface area contributed by atoms with Crippen LogP contribution in [0, 0.1) is 11.8 Å². The van der Waals surface area contributed by atoms with Gasteiger partial charge in [-0.15, -0.1) is 0 Å². The lowest BCUT2D eigenvalue weighted by molar-refractivity contribution is 0.0391. The summed E-state index contributed by atoms with van der Waals surface area (Å²) in [7, 11) is 4.01. The number of rotatable bonds is 7.